The predicted molar refractivity (Wildman–Crippen MR) is 145 cm³/mol. The molecule has 0 amide bonds. The molecule has 1 N–H and O–H groups in total. The van der Waals surface area contributed by atoms with Gasteiger partial charge in [0.05, 0.1) is 13.2 Å². The quantitative estimate of drug-likeness (QED) is 0.0932. The Kier molecular flexibility index (Phi) is 25.8. The molecule has 0 bridgehead atoms. The number of unbranched alkanes of at least 4 members (excludes halogenated alkanes) is 5. The Bertz CT molecular complexity index is 587. The van der Waals surface area contributed by atoms with Gasteiger partial charge in [0.15, 0.2) is 0 Å². The van der Waals surface area contributed by atoms with Gasteiger partial charge in [-0.15, -0.1) is 0 Å². The van der Waals surface area contributed by atoms with Gasteiger partial charge >= 0.3 is 5.97 Å². The maximum atomic E-state index is 11.8. The van der Waals surface area contributed by atoms with E-state index in [1.807, 2.05) is 0 Å². The first kappa shape index (κ1) is 32.1. The third-order valence-corrected chi connectivity index (χ3v) is 5.11. The zero-order valence-electron chi connectivity index (χ0n) is 21.8. The van der Waals surface area contributed by atoms with E-state index in [-0.39, 0.29) is 19.2 Å². The fraction of sp³-hybridized carbons (Fsp3) is 0.633. The molecule has 0 aromatic carbocycles. The second-order valence-electron chi connectivity index (χ2n) is 8.38. The summed E-state index contributed by atoms with van der Waals surface area (Å²) in [5, 5.41) is 9.36. The van der Waals surface area contributed by atoms with Crippen molar-refractivity contribution in [1.82, 2.24) is 0 Å². The second-order valence-corrected chi connectivity index (χ2v) is 8.38. The second kappa shape index (κ2) is 27.3. The van der Waals surface area contributed by atoms with E-state index in [1.54, 1.807) is 0 Å². The smallest absolute Gasteiger partial charge is 0.306 e. The maximum absolute atomic E-state index is 11.8. The van der Waals surface area contributed by atoms with Gasteiger partial charge in [-0.2, -0.15) is 0 Å². The number of carbonyl (C=O) groups excluding carboxylic acids is 1. The zero-order chi connectivity index (χ0) is 25.0. The SMILES string of the molecule is CC/C=C\C/C=C\C/C=C\C/C=C\C/C=C\CCCCOCC(CO)OC(=O)CCCCCC. The van der Waals surface area contributed by atoms with Crippen LogP contribution in [0.15, 0.2) is 60.8 Å². The van der Waals surface area contributed by atoms with Gasteiger partial charge in [0.1, 0.15) is 6.10 Å². The topological polar surface area (TPSA) is 55.8 Å². The lowest BCUT2D eigenvalue weighted by atomic mass is 10.1. The molecular formula is C30H50O4. The van der Waals surface area contributed by atoms with E-state index in [9.17, 15) is 9.90 Å². The van der Waals surface area contributed by atoms with Gasteiger partial charge in [0.25, 0.3) is 0 Å². The molecule has 0 saturated carbocycles. The molecule has 0 aliphatic heterocycles. The summed E-state index contributed by atoms with van der Waals surface area (Å²) in [6.07, 6.45) is 34.3. The lowest BCUT2D eigenvalue weighted by molar-refractivity contribution is -0.154. The minimum absolute atomic E-state index is 0.194. The lowest BCUT2D eigenvalue weighted by Crippen LogP contribution is -2.27. The average molecular weight is 475 g/mol. The molecule has 0 rings (SSSR count). The molecule has 0 aliphatic rings. The van der Waals surface area contributed by atoms with Gasteiger partial charge in [-0.3, -0.25) is 4.79 Å². The van der Waals surface area contributed by atoms with Crippen molar-refractivity contribution in [3.8, 4) is 0 Å². The molecule has 0 aromatic rings. The van der Waals surface area contributed by atoms with Crippen LogP contribution in [-0.2, 0) is 14.3 Å². The van der Waals surface area contributed by atoms with Gasteiger partial charge in [-0.05, 0) is 57.8 Å². The highest BCUT2D eigenvalue weighted by molar-refractivity contribution is 5.69. The Labute approximate surface area is 209 Å². The summed E-state index contributed by atoms with van der Waals surface area (Å²) in [4.78, 5) is 11.8. The normalized spacial score (nSPS) is 13.4. The van der Waals surface area contributed by atoms with Crippen molar-refractivity contribution in [3.63, 3.8) is 0 Å². The number of rotatable bonds is 23. The van der Waals surface area contributed by atoms with Gasteiger partial charge in [-0.1, -0.05) is 93.9 Å². The fourth-order valence-electron chi connectivity index (χ4n) is 3.11. The van der Waals surface area contributed by atoms with E-state index >= 15 is 0 Å². The summed E-state index contributed by atoms with van der Waals surface area (Å²) in [5.41, 5.74) is 0. The number of carbonyl (C=O) groups is 1. The number of hydrogen-bond acceptors (Lipinski definition) is 4. The molecule has 0 radical (unpaired) electrons. The summed E-state index contributed by atoms with van der Waals surface area (Å²) in [6, 6.07) is 0. The first-order chi connectivity index (χ1) is 16.7. The summed E-state index contributed by atoms with van der Waals surface area (Å²) in [7, 11) is 0. The van der Waals surface area contributed by atoms with Gasteiger partial charge < -0.3 is 14.6 Å². The average Bonchev–Trinajstić information content (AvgIpc) is 2.84. The molecular weight excluding hydrogens is 424 g/mol. The third kappa shape index (κ3) is 24.7. The highest BCUT2D eigenvalue weighted by atomic mass is 16.6. The first-order valence-corrected chi connectivity index (χ1v) is 13.4. The van der Waals surface area contributed by atoms with E-state index in [0.717, 1.165) is 77.0 Å². The van der Waals surface area contributed by atoms with Crippen LogP contribution in [-0.4, -0.2) is 37.0 Å². The predicted octanol–water partition coefficient (Wildman–Crippen LogP) is 7.80. The minimum Gasteiger partial charge on any atom is -0.457 e. The molecule has 4 nitrogen and oxygen atoms in total. The van der Waals surface area contributed by atoms with Crippen LogP contribution in [0.1, 0.15) is 97.3 Å². The number of hydrogen-bond donors (Lipinski definition) is 1. The molecule has 4 heteroatoms. The molecule has 0 saturated heterocycles. The van der Waals surface area contributed by atoms with Crippen LogP contribution in [0.25, 0.3) is 0 Å². The van der Waals surface area contributed by atoms with Crippen molar-refractivity contribution >= 4 is 5.97 Å². The lowest BCUT2D eigenvalue weighted by Gasteiger charge is -2.15. The number of aliphatic hydroxyl groups excluding tert-OH is 1. The molecule has 1 atom stereocenters. The van der Waals surface area contributed by atoms with Crippen LogP contribution in [0.4, 0.5) is 0 Å². The van der Waals surface area contributed by atoms with Crippen molar-refractivity contribution in [2.45, 2.75) is 103 Å². The molecule has 0 aliphatic carbocycles. The van der Waals surface area contributed by atoms with Crippen molar-refractivity contribution in [2.75, 3.05) is 19.8 Å². The van der Waals surface area contributed by atoms with Crippen molar-refractivity contribution in [3.05, 3.63) is 60.8 Å². The molecule has 1 unspecified atom stereocenters. The third-order valence-electron chi connectivity index (χ3n) is 5.11. The van der Waals surface area contributed by atoms with Crippen LogP contribution in [0, 0.1) is 0 Å². The van der Waals surface area contributed by atoms with Crippen molar-refractivity contribution in [1.29, 1.82) is 0 Å². The van der Waals surface area contributed by atoms with Crippen LogP contribution in [0.5, 0.6) is 0 Å². The molecule has 0 heterocycles. The van der Waals surface area contributed by atoms with E-state index in [4.69, 9.17) is 9.47 Å². The zero-order valence-corrected chi connectivity index (χ0v) is 21.8. The summed E-state index contributed by atoms with van der Waals surface area (Å²) in [5.74, 6) is -0.239. The Morgan fingerprint density at radius 3 is 1.88 bits per heavy atom. The van der Waals surface area contributed by atoms with E-state index in [0.29, 0.717) is 13.0 Å². The monoisotopic (exact) mass is 474 g/mol. The Hall–Kier alpha value is -1.91. The fourth-order valence-corrected chi connectivity index (χ4v) is 3.11. The minimum atomic E-state index is -0.551. The molecule has 0 fully saturated rings. The standard InChI is InChI=1S/C30H50O4/c1-3-5-7-9-10-11-12-13-14-15-16-17-18-19-20-21-22-24-26-33-28-29(27-31)34-30(32)25-23-8-6-4-2/h5,7,10-11,13-14,16-17,19-20,29,31H,3-4,6,8-9,12,15,18,21-28H2,1-2H3/b7-5-,11-10-,14-13-,17-16-,20-19-. The first-order valence-electron chi connectivity index (χ1n) is 13.4. The van der Waals surface area contributed by atoms with Gasteiger partial charge in [0.2, 0.25) is 0 Å². The molecule has 34 heavy (non-hydrogen) atoms. The molecule has 0 aromatic heterocycles. The van der Waals surface area contributed by atoms with Crippen LogP contribution in [0.2, 0.25) is 0 Å². The Balaban J connectivity index is 3.59. The van der Waals surface area contributed by atoms with Crippen LogP contribution in [0.3, 0.4) is 0 Å². The number of esters is 1. The van der Waals surface area contributed by atoms with Crippen molar-refractivity contribution in [2.24, 2.45) is 0 Å². The molecule has 0 spiro atoms. The Morgan fingerprint density at radius 1 is 0.735 bits per heavy atom. The van der Waals surface area contributed by atoms with Gasteiger partial charge in [-0.25, -0.2) is 0 Å². The highest BCUT2D eigenvalue weighted by Crippen LogP contribution is 2.06. The number of ether oxygens (including phenoxy) is 2. The van der Waals surface area contributed by atoms with Crippen molar-refractivity contribution < 1.29 is 19.4 Å². The van der Waals surface area contributed by atoms with E-state index < -0.39 is 6.10 Å². The summed E-state index contributed by atoms with van der Waals surface area (Å²) in [6.45, 7) is 4.98. The number of aliphatic hydroxyl groups is 1. The van der Waals surface area contributed by atoms with Gasteiger partial charge in [0, 0.05) is 13.0 Å². The number of allylic oxidation sites excluding steroid dienone is 10. The van der Waals surface area contributed by atoms with E-state index in [2.05, 4.69) is 74.6 Å². The van der Waals surface area contributed by atoms with Crippen LogP contribution >= 0.6 is 0 Å². The summed E-state index contributed by atoms with van der Waals surface area (Å²) >= 11 is 0. The van der Waals surface area contributed by atoms with Crippen LogP contribution < -0.4 is 0 Å². The Morgan fingerprint density at radius 2 is 1.32 bits per heavy atom. The van der Waals surface area contributed by atoms with E-state index in [1.165, 1.54) is 0 Å². The summed E-state index contributed by atoms with van der Waals surface area (Å²) < 4.78 is 10.9. The maximum Gasteiger partial charge on any atom is 0.306 e. The highest BCUT2D eigenvalue weighted by Gasteiger charge is 2.13. The molecule has 194 valence electrons. The largest absolute Gasteiger partial charge is 0.457 e.